The maximum atomic E-state index is 12.0. The number of carbonyl (C=O) groups excluding carboxylic acids is 1. The minimum atomic E-state index is -0.142. The number of aromatic nitrogens is 3. The smallest absolute Gasteiger partial charge is 0.315 e. The van der Waals surface area contributed by atoms with Gasteiger partial charge in [-0.3, -0.25) is 0 Å². The van der Waals surface area contributed by atoms with E-state index >= 15 is 0 Å². The average Bonchev–Trinajstić information content (AvgIpc) is 3.35. The number of hydrogen-bond acceptors (Lipinski definition) is 5. The molecule has 8 nitrogen and oxygen atoms in total. The van der Waals surface area contributed by atoms with Gasteiger partial charge in [-0.05, 0) is 30.4 Å². The van der Waals surface area contributed by atoms with Gasteiger partial charge in [0.05, 0.1) is 5.69 Å². The molecule has 1 saturated carbocycles. The van der Waals surface area contributed by atoms with Crippen LogP contribution in [0.25, 0.3) is 16.9 Å². The molecule has 0 bridgehead atoms. The molecule has 2 heterocycles. The van der Waals surface area contributed by atoms with Crippen LogP contribution < -0.4 is 21.4 Å². The van der Waals surface area contributed by atoms with E-state index in [0.717, 1.165) is 12.8 Å². The molecule has 148 valence electrons. The first-order valence-electron chi connectivity index (χ1n) is 9.82. The number of phenolic OH excluding ortho intramolecular Hbond substituents is 1. The van der Waals surface area contributed by atoms with Gasteiger partial charge in [-0.1, -0.05) is 25.0 Å². The quantitative estimate of drug-likeness (QED) is 0.378. The fraction of sp³-hybridized carbons (Fsp3) is 0.350. The van der Waals surface area contributed by atoms with Crippen molar-refractivity contribution < 1.29 is 9.90 Å². The molecule has 0 spiro atoms. The topological polar surface area (TPSA) is 104 Å². The van der Waals surface area contributed by atoms with E-state index in [-0.39, 0.29) is 17.8 Å². The number of benzene rings is 1. The van der Waals surface area contributed by atoms with Crippen molar-refractivity contribution in [1.82, 2.24) is 25.2 Å². The van der Waals surface area contributed by atoms with Crippen LogP contribution in [0.5, 0.6) is 5.75 Å². The zero-order valence-corrected chi connectivity index (χ0v) is 16.1. The number of urea groups is 1. The van der Waals surface area contributed by atoms with Crippen molar-refractivity contribution >= 4 is 30.8 Å². The van der Waals surface area contributed by atoms with Crippen molar-refractivity contribution in [2.45, 2.75) is 31.7 Å². The number of rotatable bonds is 6. The molecule has 2 amide bonds. The number of nitrogens with zero attached hydrogens (tertiary/aromatic N) is 3. The van der Waals surface area contributed by atoms with Crippen molar-refractivity contribution in [2.75, 3.05) is 18.4 Å². The van der Waals surface area contributed by atoms with Gasteiger partial charge in [-0.2, -0.15) is 9.61 Å². The molecule has 9 heteroatoms. The Morgan fingerprint density at radius 1 is 1.24 bits per heavy atom. The first-order valence-corrected chi connectivity index (χ1v) is 9.82. The number of anilines is 1. The molecular weight excluding hydrogens is 367 g/mol. The highest BCUT2D eigenvalue weighted by atomic mass is 16.3. The van der Waals surface area contributed by atoms with E-state index in [2.05, 4.69) is 26.0 Å². The van der Waals surface area contributed by atoms with E-state index in [9.17, 15) is 9.90 Å². The molecule has 0 unspecified atom stereocenters. The van der Waals surface area contributed by atoms with Crippen LogP contribution >= 0.6 is 0 Å². The van der Waals surface area contributed by atoms with Crippen molar-refractivity contribution in [3.63, 3.8) is 0 Å². The molecule has 0 aliphatic heterocycles. The largest absolute Gasteiger partial charge is 0.507 e. The normalized spacial score (nSPS) is 14.2. The third-order valence-corrected chi connectivity index (χ3v) is 5.09. The summed E-state index contributed by atoms with van der Waals surface area (Å²) in [7, 11) is 6.00. The highest BCUT2D eigenvalue weighted by molar-refractivity contribution is 6.36. The average molecular weight is 390 g/mol. The van der Waals surface area contributed by atoms with Crippen LogP contribution in [0.1, 0.15) is 25.7 Å². The Kier molecular flexibility index (Phi) is 5.55. The van der Waals surface area contributed by atoms with E-state index in [4.69, 9.17) is 7.85 Å². The standard InChI is InChI=1S/C20H23BN6O2/c21-15-12-24-27-18(22-9-10-23-20(29)25-13-5-1-2-6-13)11-16(26-19(15)27)14-7-3-4-8-17(14)28/h3-4,7-8,11-13,22,28H,1-2,5-6,9-10H2,(H2,23,25,29). The second-order valence-corrected chi connectivity index (χ2v) is 7.19. The van der Waals surface area contributed by atoms with Gasteiger partial charge in [0.2, 0.25) is 0 Å². The molecular formula is C20H23BN6O2. The molecule has 4 N–H and O–H groups in total. The van der Waals surface area contributed by atoms with Crippen LogP contribution in [-0.4, -0.2) is 52.7 Å². The van der Waals surface area contributed by atoms with E-state index in [0.29, 0.717) is 41.3 Å². The Morgan fingerprint density at radius 2 is 2.03 bits per heavy atom. The number of fused-ring (bicyclic) bond motifs is 1. The van der Waals surface area contributed by atoms with Crippen LogP contribution in [0.4, 0.5) is 10.6 Å². The summed E-state index contributed by atoms with van der Waals surface area (Å²) in [5.74, 6) is 0.807. The van der Waals surface area contributed by atoms with E-state index in [1.165, 1.54) is 19.0 Å². The minimum absolute atomic E-state index is 0.138. The van der Waals surface area contributed by atoms with Crippen molar-refractivity contribution in [1.29, 1.82) is 0 Å². The van der Waals surface area contributed by atoms with Gasteiger partial charge in [-0.25, -0.2) is 9.78 Å². The van der Waals surface area contributed by atoms with Crippen molar-refractivity contribution in [2.24, 2.45) is 0 Å². The fourth-order valence-corrected chi connectivity index (χ4v) is 3.61. The van der Waals surface area contributed by atoms with Crippen LogP contribution in [0.3, 0.4) is 0 Å². The van der Waals surface area contributed by atoms with E-state index in [1.54, 1.807) is 28.8 Å². The lowest BCUT2D eigenvalue weighted by atomic mass is 10.0. The number of para-hydroxylation sites is 1. The molecule has 1 fully saturated rings. The zero-order chi connectivity index (χ0) is 20.2. The summed E-state index contributed by atoms with van der Waals surface area (Å²) in [5.41, 5.74) is 2.13. The third kappa shape index (κ3) is 4.28. The predicted octanol–water partition coefficient (Wildman–Crippen LogP) is 1.55. The molecule has 4 rings (SSSR count). The molecule has 29 heavy (non-hydrogen) atoms. The van der Waals surface area contributed by atoms with Crippen molar-refractivity contribution in [3.8, 4) is 17.0 Å². The lowest BCUT2D eigenvalue weighted by Crippen LogP contribution is -2.42. The summed E-state index contributed by atoms with van der Waals surface area (Å²) < 4.78 is 1.61. The lowest BCUT2D eigenvalue weighted by molar-refractivity contribution is 0.237. The summed E-state index contributed by atoms with van der Waals surface area (Å²) in [6.45, 7) is 0.947. The maximum absolute atomic E-state index is 12.0. The number of hydrogen-bond donors (Lipinski definition) is 4. The van der Waals surface area contributed by atoms with Gasteiger partial charge in [0.15, 0.2) is 5.65 Å². The van der Waals surface area contributed by atoms with Gasteiger partial charge >= 0.3 is 6.03 Å². The summed E-state index contributed by atoms with van der Waals surface area (Å²) in [6, 6.07) is 8.94. The molecule has 1 aromatic carbocycles. The Balaban J connectivity index is 1.45. The summed E-state index contributed by atoms with van der Waals surface area (Å²) in [6.07, 6.45) is 6.00. The van der Waals surface area contributed by atoms with Gasteiger partial charge < -0.3 is 21.1 Å². The highest BCUT2D eigenvalue weighted by Gasteiger charge is 2.17. The summed E-state index contributed by atoms with van der Waals surface area (Å²) in [4.78, 5) is 16.5. The molecule has 3 aromatic rings. The molecule has 2 radical (unpaired) electrons. The second-order valence-electron chi connectivity index (χ2n) is 7.19. The summed E-state index contributed by atoms with van der Waals surface area (Å²) >= 11 is 0. The van der Waals surface area contributed by atoms with Crippen LogP contribution in [0, 0.1) is 0 Å². The molecule has 1 aliphatic carbocycles. The van der Waals surface area contributed by atoms with E-state index < -0.39 is 0 Å². The van der Waals surface area contributed by atoms with E-state index in [1.807, 2.05) is 6.07 Å². The number of aromatic hydroxyl groups is 1. The molecule has 0 saturated heterocycles. The first kappa shape index (κ1) is 19.1. The predicted molar refractivity (Wildman–Crippen MR) is 113 cm³/mol. The molecule has 0 atom stereocenters. The van der Waals surface area contributed by atoms with Gasteiger partial charge in [-0.15, -0.1) is 0 Å². The van der Waals surface area contributed by atoms with Crippen molar-refractivity contribution in [3.05, 3.63) is 36.5 Å². The van der Waals surface area contributed by atoms with Gasteiger partial charge in [0.1, 0.15) is 19.4 Å². The Morgan fingerprint density at radius 3 is 2.83 bits per heavy atom. The minimum Gasteiger partial charge on any atom is -0.507 e. The van der Waals surface area contributed by atoms with Crippen LogP contribution in [-0.2, 0) is 0 Å². The number of nitrogens with one attached hydrogen (secondary N) is 3. The van der Waals surface area contributed by atoms with Gasteiger partial charge in [0, 0.05) is 37.0 Å². The number of phenols is 1. The van der Waals surface area contributed by atoms with Crippen LogP contribution in [0.2, 0.25) is 0 Å². The van der Waals surface area contributed by atoms with Gasteiger partial charge in [0.25, 0.3) is 0 Å². The summed E-state index contributed by atoms with van der Waals surface area (Å²) in [5, 5.41) is 23.6. The number of carbonyl (C=O) groups is 1. The Labute approximate surface area is 170 Å². The lowest BCUT2D eigenvalue weighted by Gasteiger charge is -2.14. The third-order valence-electron chi connectivity index (χ3n) is 5.09. The fourth-order valence-electron chi connectivity index (χ4n) is 3.61. The SMILES string of the molecule is [B]c1cnn2c(NCCNC(=O)NC3CCCC3)cc(-c3ccccc3O)nc12. The molecule has 1 aliphatic rings. The highest BCUT2D eigenvalue weighted by Crippen LogP contribution is 2.29. The van der Waals surface area contributed by atoms with Crippen LogP contribution in [0.15, 0.2) is 36.5 Å². The first-order chi connectivity index (χ1) is 14.1. The Hall–Kier alpha value is -3.23. The number of amides is 2. The zero-order valence-electron chi connectivity index (χ0n) is 16.1. The monoisotopic (exact) mass is 390 g/mol. The maximum Gasteiger partial charge on any atom is 0.315 e. The second kappa shape index (κ2) is 8.42. The Bertz CT molecular complexity index is 1020. The molecule has 2 aromatic heterocycles.